The van der Waals surface area contributed by atoms with Crippen molar-refractivity contribution in [2.75, 3.05) is 6.54 Å². The summed E-state index contributed by atoms with van der Waals surface area (Å²) in [5.41, 5.74) is 9.41. The van der Waals surface area contributed by atoms with Crippen molar-refractivity contribution in [2.24, 2.45) is 18.7 Å². The van der Waals surface area contributed by atoms with Gasteiger partial charge in [-0.2, -0.15) is 0 Å². The number of aryl methyl sites for hydroxylation is 1. The Labute approximate surface area is 115 Å². The molecule has 1 aromatic carbocycles. The van der Waals surface area contributed by atoms with Crippen molar-refractivity contribution < 1.29 is 0 Å². The molecule has 2 aromatic rings. The van der Waals surface area contributed by atoms with Gasteiger partial charge in [-0.3, -0.25) is 0 Å². The second kappa shape index (κ2) is 4.97. The third kappa shape index (κ3) is 2.81. The Morgan fingerprint density at radius 1 is 1.32 bits per heavy atom. The van der Waals surface area contributed by atoms with Crippen LogP contribution in [0.5, 0.6) is 0 Å². The molecule has 0 fully saturated rings. The number of hydrogen-bond donors (Lipinski definition) is 1. The first-order valence-corrected chi connectivity index (χ1v) is 6.99. The van der Waals surface area contributed by atoms with Gasteiger partial charge in [-0.25, -0.2) is 4.98 Å². The Morgan fingerprint density at radius 2 is 2.00 bits per heavy atom. The Bertz CT molecular complexity index is 575. The molecule has 0 aliphatic carbocycles. The molecule has 0 radical (unpaired) electrons. The topological polar surface area (TPSA) is 43.8 Å². The normalized spacial score (nSPS) is 14.0. The molecule has 1 aromatic heterocycles. The maximum atomic E-state index is 5.71. The molecule has 0 bridgehead atoms. The average Bonchev–Trinajstić information content (AvgIpc) is 2.66. The lowest BCUT2D eigenvalue weighted by molar-refractivity contribution is 0.526. The number of fused-ring (bicyclic) bond motifs is 1. The summed E-state index contributed by atoms with van der Waals surface area (Å²) in [6.45, 7) is 9.52. The molecule has 0 saturated heterocycles. The van der Waals surface area contributed by atoms with E-state index in [0.717, 1.165) is 24.3 Å². The van der Waals surface area contributed by atoms with Gasteiger partial charge in [0.1, 0.15) is 5.82 Å². The van der Waals surface area contributed by atoms with E-state index in [-0.39, 0.29) is 5.41 Å². The minimum atomic E-state index is 0.0679. The maximum Gasteiger partial charge on any atom is 0.115 e. The van der Waals surface area contributed by atoms with Gasteiger partial charge in [0, 0.05) is 12.5 Å². The zero-order valence-corrected chi connectivity index (χ0v) is 12.7. The van der Waals surface area contributed by atoms with Gasteiger partial charge < -0.3 is 10.3 Å². The predicted octanol–water partition coefficient (Wildman–Crippen LogP) is 3.01. The van der Waals surface area contributed by atoms with Gasteiger partial charge in [-0.15, -0.1) is 0 Å². The molecule has 2 rings (SSSR count). The lowest BCUT2D eigenvalue weighted by atomic mass is 9.96. The molecule has 3 heteroatoms. The van der Waals surface area contributed by atoms with Gasteiger partial charge in [-0.05, 0) is 36.6 Å². The van der Waals surface area contributed by atoms with Crippen molar-refractivity contribution in [1.82, 2.24) is 9.55 Å². The summed E-state index contributed by atoms with van der Waals surface area (Å²) < 4.78 is 2.21. The fourth-order valence-electron chi connectivity index (χ4n) is 2.52. The molecule has 0 amide bonds. The molecule has 0 saturated carbocycles. The lowest BCUT2D eigenvalue weighted by Crippen LogP contribution is -2.17. The van der Waals surface area contributed by atoms with Gasteiger partial charge in [0.05, 0.1) is 11.0 Å². The Balaban J connectivity index is 2.46. The molecule has 0 aliphatic rings. The highest BCUT2D eigenvalue weighted by Gasteiger charge is 2.21. The molecule has 0 spiro atoms. The van der Waals surface area contributed by atoms with Crippen molar-refractivity contribution >= 4 is 11.0 Å². The van der Waals surface area contributed by atoms with Crippen molar-refractivity contribution in [3.8, 4) is 0 Å². The largest absolute Gasteiger partial charge is 0.331 e. The van der Waals surface area contributed by atoms with E-state index in [2.05, 4.69) is 57.5 Å². The summed E-state index contributed by atoms with van der Waals surface area (Å²) in [6.07, 6.45) is 1.03. The Kier molecular flexibility index (Phi) is 3.68. The van der Waals surface area contributed by atoms with Gasteiger partial charge in [0.15, 0.2) is 0 Å². The van der Waals surface area contributed by atoms with Crippen LogP contribution in [-0.2, 0) is 18.9 Å². The first-order chi connectivity index (χ1) is 8.82. The second-order valence-corrected chi connectivity index (χ2v) is 6.61. The quantitative estimate of drug-likeness (QED) is 0.921. The second-order valence-electron chi connectivity index (χ2n) is 6.61. The number of nitrogens with zero attached hydrogens (tertiary/aromatic N) is 2. The fraction of sp³-hybridized carbons (Fsp3) is 0.562. The number of rotatable bonds is 3. The van der Waals surface area contributed by atoms with E-state index in [1.165, 1.54) is 11.1 Å². The van der Waals surface area contributed by atoms with Crippen LogP contribution in [0.15, 0.2) is 18.2 Å². The van der Waals surface area contributed by atoms with Crippen LogP contribution in [0.3, 0.4) is 0 Å². The molecule has 1 unspecified atom stereocenters. The highest BCUT2D eigenvalue weighted by Crippen LogP contribution is 2.26. The SMILES string of the molecule is CC(CN)Cc1ccc2nc(C(C)(C)C)n(C)c2c1. The van der Waals surface area contributed by atoms with Crippen LogP contribution in [-0.4, -0.2) is 16.1 Å². The van der Waals surface area contributed by atoms with Gasteiger partial charge in [0.25, 0.3) is 0 Å². The highest BCUT2D eigenvalue weighted by molar-refractivity contribution is 5.77. The van der Waals surface area contributed by atoms with E-state index in [1.54, 1.807) is 0 Å². The van der Waals surface area contributed by atoms with Crippen molar-refractivity contribution in [2.45, 2.75) is 39.5 Å². The predicted molar refractivity (Wildman–Crippen MR) is 81.3 cm³/mol. The van der Waals surface area contributed by atoms with Crippen LogP contribution < -0.4 is 5.73 Å². The highest BCUT2D eigenvalue weighted by atomic mass is 15.1. The number of nitrogens with two attached hydrogens (primary N) is 1. The van der Waals surface area contributed by atoms with Gasteiger partial charge in [0.2, 0.25) is 0 Å². The number of imidazole rings is 1. The molecular weight excluding hydrogens is 234 g/mol. The molecule has 0 aliphatic heterocycles. The zero-order valence-electron chi connectivity index (χ0n) is 12.7. The summed E-state index contributed by atoms with van der Waals surface area (Å²) in [4.78, 5) is 4.76. The van der Waals surface area contributed by atoms with E-state index in [0.29, 0.717) is 5.92 Å². The molecule has 1 atom stereocenters. The number of hydrogen-bond acceptors (Lipinski definition) is 2. The Hall–Kier alpha value is -1.35. The molecule has 1 heterocycles. The Morgan fingerprint density at radius 3 is 2.58 bits per heavy atom. The van der Waals surface area contributed by atoms with Crippen LogP contribution >= 0.6 is 0 Å². The summed E-state index contributed by atoms with van der Waals surface area (Å²) >= 11 is 0. The molecule has 3 nitrogen and oxygen atoms in total. The van der Waals surface area contributed by atoms with Gasteiger partial charge >= 0.3 is 0 Å². The standard InChI is InChI=1S/C16H25N3/c1-11(10-17)8-12-6-7-13-14(9-12)19(5)15(18-13)16(2,3)4/h6-7,9,11H,8,10,17H2,1-5H3. The molecular formula is C16H25N3. The van der Waals surface area contributed by atoms with E-state index < -0.39 is 0 Å². The summed E-state index contributed by atoms with van der Waals surface area (Å²) in [5, 5.41) is 0. The van der Waals surface area contributed by atoms with Crippen molar-refractivity contribution in [3.05, 3.63) is 29.6 Å². The molecule has 2 N–H and O–H groups in total. The van der Waals surface area contributed by atoms with Crippen LogP contribution in [0.2, 0.25) is 0 Å². The zero-order chi connectivity index (χ0) is 14.2. The molecule has 19 heavy (non-hydrogen) atoms. The first-order valence-electron chi connectivity index (χ1n) is 6.99. The van der Waals surface area contributed by atoms with E-state index >= 15 is 0 Å². The first kappa shape index (κ1) is 14.1. The third-order valence-corrected chi connectivity index (χ3v) is 3.60. The van der Waals surface area contributed by atoms with E-state index in [9.17, 15) is 0 Å². The van der Waals surface area contributed by atoms with E-state index in [1.807, 2.05) is 0 Å². The summed E-state index contributed by atoms with van der Waals surface area (Å²) in [5.74, 6) is 1.65. The summed E-state index contributed by atoms with van der Waals surface area (Å²) in [6, 6.07) is 6.56. The van der Waals surface area contributed by atoms with Crippen LogP contribution in [0, 0.1) is 5.92 Å². The third-order valence-electron chi connectivity index (χ3n) is 3.60. The van der Waals surface area contributed by atoms with Crippen LogP contribution in [0.4, 0.5) is 0 Å². The van der Waals surface area contributed by atoms with Crippen LogP contribution in [0.1, 0.15) is 39.1 Å². The number of benzene rings is 1. The van der Waals surface area contributed by atoms with E-state index in [4.69, 9.17) is 10.7 Å². The summed E-state index contributed by atoms with van der Waals surface area (Å²) in [7, 11) is 2.10. The van der Waals surface area contributed by atoms with Gasteiger partial charge in [-0.1, -0.05) is 33.8 Å². The van der Waals surface area contributed by atoms with Crippen molar-refractivity contribution in [1.29, 1.82) is 0 Å². The van der Waals surface area contributed by atoms with Crippen LogP contribution in [0.25, 0.3) is 11.0 Å². The smallest absolute Gasteiger partial charge is 0.115 e. The lowest BCUT2D eigenvalue weighted by Gasteiger charge is -2.17. The molecule has 104 valence electrons. The minimum Gasteiger partial charge on any atom is -0.331 e. The fourth-order valence-corrected chi connectivity index (χ4v) is 2.52. The monoisotopic (exact) mass is 259 g/mol. The average molecular weight is 259 g/mol. The number of aromatic nitrogens is 2. The maximum absolute atomic E-state index is 5.71. The minimum absolute atomic E-state index is 0.0679. The van der Waals surface area contributed by atoms with Crippen molar-refractivity contribution in [3.63, 3.8) is 0 Å².